The first-order chi connectivity index (χ1) is 9.99. The van der Waals surface area contributed by atoms with Crippen LogP contribution in [0.25, 0.3) is 0 Å². The molecule has 2 rings (SSSR count). The predicted octanol–water partition coefficient (Wildman–Crippen LogP) is 3.85. The highest BCUT2D eigenvalue weighted by Crippen LogP contribution is 2.28. The molecular weight excluding hydrogens is 292 g/mol. The molecule has 1 unspecified atom stereocenters. The van der Waals surface area contributed by atoms with E-state index in [9.17, 15) is 10.1 Å². The molecule has 0 bridgehead atoms. The van der Waals surface area contributed by atoms with E-state index in [-0.39, 0.29) is 18.3 Å². The number of halogens is 1. The zero-order chi connectivity index (χ0) is 15.4. The lowest BCUT2D eigenvalue weighted by Gasteiger charge is -2.11. The van der Waals surface area contributed by atoms with Gasteiger partial charge in [0.1, 0.15) is 12.4 Å². The first-order valence-electron chi connectivity index (χ1n) is 6.39. The van der Waals surface area contributed by atoms with Crippen LogP contribution in [0.2, 0.25) is 5.02 Å². The van der Waals surface area contributed by atoms with Crippen LogP contribution in [0.5, 0.6) is 5.75 Å². The molecule has 1 atom stereocenters. The normalized spacial score (nSPS) is 12.0. The van der Waals surface area contributed by atoms with Crippen molar-refractivity contribution in [3.8, 4) is 5.75 Å². The highest BCUT2D eigenvalue weighted by atomic mass is 35.5. The summed E-state index contributed by atoms with van der Waals surface area (Å²) in [5, 5.41) is 11.3. The van der Waals surface area contributed by atoms with Gasteiger partial charge in [-0.2, -0.15) is 0 Å². The molecule has 5 nitrogen and oxygen atoms in total. The molecule has 110 valence electrons. The Morgan fingerprint density at radius 3 is 2.71 bits per heavy atom. The summed E-state index contributed by atoms with van der Waals surface area (Å²) in [7, 11) is 0. The molecule has 0 radical (unpaired) electrons. The van der Waals surface area contributed by atoms with E-state index in [1.807, 2.05) is 25.1 Å². The SMILES string of the molecule is CC(N)c1cccc(OCc2c(Cl)cccc2[N+](=O)[O-])c1. The van der Waals surface area contributed by atoms with Crippen LogP contribution in [0.4, 0.5) is 5.69 Å². The molecule has 0 aliphatic heterocycles. The maximum Gasteiger partial charge on any atom is 0.277 e. The van der Waals surface area contributed by atoms with Crippen LogP contribution in [-0.2, 0) is 6.61 Å². The molecule has 2 N–H and O–H groups in total. The number of nitro groups is 1. The van der Waals surface area contributed by atoms with Crippen molar-refractivity contribution in [3.05, 3.63) is 68.7 Å². The number of hydrogen-bond acceptors (Lipinski definition) is 4. The Bertz CT molecular complexity index is 659. The zero-order valence-corrected chi connectivity index (χ0v) is 12.2. The smallest absolute Gasteiger partial charge is 0.277 e. The minimum absolute atomic E-state index is 0.0262. The fraction of sp³-hybridized carbons (Fsp3) is 0.200. The summed E-state index contributed by atoms with van der Waals surface area (Å²) >= 11 is 6.02. The van der Waals surface area contributed by atoms with E-state index in [1.54, 1.807) is 18.2 Å². The zero-order valence-electron chi connectivity index (χ0n) is 11.5. The van der Waals surface area contributed by atoms with E-state index in [2.05, 4.69) is 0 Å². The topological polar surface area (TPSA) is 78.4 Å². The highest BCUT2D eigenvalue weighted by molar-refractivity contribution is 6.31. The summed E-state index contributed by atoms with van der Waals surface area (Å²) < 4.78 is 5.61. The molecule has 0 aliphatic rings. The number of hydrogen-bond donors (Lipinski definition) is 1. The minimum Gasteiger partial charge on any atom is -0.489 e. The Morgan fingerprint density at radius 1 is 1.33 bits per heavy atom. The van der Waals surface area contributed by atoms with Crippen LogP contribution >= 0.6 is 11.6 Å². The number of rotatable bonds is 5. The van der Waals surface area contributed by atoms with Gasteiger partial charge in [0.2, 0.25) is 0 Å². The van der Waals surface area contributed by atoms with Crippen molar-refractivity contribution in [1.82, 2.24) is 0 Å². The molecule has 0 spiro atoms. The van der Waals surface area contributed by atoms with E-state index >= 15 is 0 Å². The number of ether oxygens (including phenoxy) is 1. The third-order valence-electron chi connectivity index (χ3n) is 3.06. The van der Waals surface area contributed by atoms with Crippen molar-refractivity contribution < 1.29 is 9.66 Å². The third kappa shape index (κ3) is 3.71. The molecule has 0 fully saturated rings. The molecule has 2 aromatic carbocycles. The van der Waals surface area contributed by atoms with Crippen molar-refractivity contribution in [2.24, 2.45) is 5.73 Å². The van der Waals surface area contributed by atoms with Crippen molar-refractivity contribution in [2.45, 2.75) is 19.6 Å². The third-order valence-corrected chi connectivity index (χ3v) is 3.41. The summed E-state index contributed by atoms with van der Waals surface area (Å²) in [6.45, 7) is 1.90. The number of nitrogens with zero attached hydrogens (tertiary/aromatic N) is 1. The first kappa shape index (κ1) is 15.3. The van der Waals surface area contributed by atoms with Crippen LogP contribution in [0.15, 0.2) is 42.5 Å². The summed E-state index contributed by atoms with van der Waals surface area (Å²) in [6, 6.07) is 11.8. The second-order valence-corrected chi connectivity index (χ2v) is 5.05. The van der Waals surface area contributed by atoms with Crippen LogP contribution in [0, 0.1) is 10.1 Å². The average Bonchev–Trinajstić information content (AvgIpc) is 2.46. The van der Waals surface area contributed by atoms with Gasteiger partial charge >= 0.3 is 0 Å². The molecular formula is C15H15ClN2O3. The largest absolute Gasteiger partial charge is 0.489 e. The van der Waals surface area contributed by atoms with Gasteiger partial charge in [-0.1, -0.05) is 29.8 Å². The van der Waals surface area contributed by atoms with Gasteiger partial charge in [-0.25, -0.2) is 0 Å². The summed E-state index contributed by atoms with van der Waals surface area (Å²) in [4.78, 5) is 10.5. The number of nitro benzene ring substituents is 1. The van der Waals surface area contributed by atoms with Gasteiger partial charge < -0.3 is 10.5 Å². The van der Waals surface area contributed by atoms with E-state index in [4.69, 9.17) is 22.1 Å². The van der Waals surface area contributed by atoms with Crippen LogP contribution in [0.3, 0.4) is 0 Å². The maximum atomic E-state index is 11.0. The van der Waals surface area contributed by atoms with Gasteiger partial charge in [0.25, 0.3) is 5.69 Å². The molecule has 0 heterocycles. The van der Waals surface area contributed by atoms with Crippen molar-refractivity contribution in [3.63, 3.8) is 0 Å². The Hall–Kier alpha value is -2.11. The van der Waals surface area contributed by atoms with E-state index in [1.165, 1.54) is 6.07 Å². The van der Waals surface area contributed by atoms with Crippen LogP contribution in [0.1, 0.15) is 24.1 Å². The molecule has 0 aliphatic carbocycles. The minimum atomic E-state index is -0.469. The number of benzene rings is 2. The second kappa shape index (κ2) is 6.56. The lowest BCUT2D eigenvalue weighted by atomic mass is 10.1. The van der Waals surface area contributed by atoms with E-state index in [0.717, 1.165) is 5.56 Å². The number of nitrogens with two attached hydrogens (primary N) is 1. The Kier molecular flexibility index (Phi) is 4.77. The first-order valence-corrected chi connectivity index (χ1v) is 6.77. The lowest BCUT2D eigenvalue weighted by molar-refractivity contribution is -0.385. The quantitative estimate of drug-likeness (QED) is 0.672. The molecule has 0 amide bonds. The highest BCUT2D eigenvalue weighted by Gasteiger charge is 2.17. The Balaban J connectivity index is 2.21. The molecule has 2 aromatic rings. The monoisotopic (exact) mass is 306 g/mol. The fourth-order valence-electron chi connectivity index (χ4n) is 1.90. The summed E-state index contributed by atoms with van der Waals surface area (Å²) in [5.74, 6) is 0.596. The van der Waals surface area contributed by atoms with E-state index in [0.29, 0.717) is 16.3 Å². The van der Waals surface area contributed by atoms with Crippen LogP contribution in [-0.4, -0.2) is 4.92 Å². The van der Waals surface area contributed by atoms with Gasteiger partial charge in [-0.3, -0.25) is 10.1 Å². The molecule has 6 heteroatoms. The molecule has 21 heavy (non-hydrogen) atoms. The Labute approximate surface area is 127 Å². The van der Waals surface area contributed by atoms with Gasteiger partial charge in [0, 0.05) is 12.1 Å². The average molecular weight is 307 g/mol. The molecule has 0 saturated heterocycles. The maximum absolute atomic E-state index is 11.0. The predicted molar refractivity (Wildman–Crippen MR) is 81.5 cm³/mol. The molecule has 0 aromatic heterocycles. The Morgan fingerprint density at radius 2 is 2.05 bits per heavy atom. The van der Waals surface area contributed by atoms with Gasteiger partial charge in [-0.05, 0) is 30.7 Å². The lowest BCUT2D eigenvalue weighted by Crippen LogP contribution is -2.05. The van der Waals surface area contributed by atoms with Crippen molar-refractivity contribution >= 4 is 17.3 Å². The fourth-order valence-corrected chi connectivity index (χ4v) is 2.13. The second-order valence-electron chi connectivity index (χ2n) is 4.64. The summed E-state index contributed by atoms with van der Waals surface area (Å²) in [5.41, 5.74) is 7.05. The van der Waals surface area contributed by atoms with Gasteiger partial charge in [0.05, 0.1) is 15.5 Å². The van der Waals surface area contributed by atoms with Crippen molar-refractivity contribution in [2.75, 3.05) is 0 Å². The summed E-state index contributed by atoms with van der Waals surface area (Å²) in [6.07, 6.45) is 0. The van der Waals surface area contributed by atoms with Crippen molar-refractivity contribution in [1.29, 1.82) is 0 Å². The molecule has 0 saturated carbocycles. The standard InChI is InChI=1S/C15H15ClN2O3/c1-10(17)11-4-2-5-12(8-11)21-9-13-14(16)6-3-7-15(13)18(19)20/h2-8,10H,9,17H2,1H3. The van der Waals surface area contributed by atoms with Gasteiger partial charge in [0.15, 0.2) is 0 Å². The van der Waals surface area contributed by atoms with E-state index < -0.39 is 4.92 Å². The van der Waals surface area contributed by atoms with Crippen LogP contribution < -0.4 is 10.5 Å². The van der Waals surface area contributed by atoms with Gasteiger partial charge in [-0.15, -0.1) is 0 Å².